The third kappa shape index (κ3) is 2.71. The van der Waals surface area contributed by atoms with Crippen LogP contribution in [0.2, 0.25) is 0 Å². The van der Waals surface area contributed by atoms with E-state index in [9.17, 15) is 24.5 Å². The van der Waals surface area contributed by atoms with Gasteiger partial charge in [0.1, 0.15) is 0 Å². The minimum absolute atomic E-state index is 0.0310. The van der Waals surface area contributed by atoms with Crippen molar-refractivity contribution >= 4 is 28.5 Å². The van der Waals surface area contributed by atoms with Crippen LogP contribution in [-0.2, 0) is 4.79 Å². The molecule has 1 unspecified atom stereocenters. The van der Waals surface area contributed by atoms with Gasteiger partial charge in [-0.15, -0.1) is 0 Å². The lowest BCUT2D eigenvalue weighted by Crippen LogP contribution is -2.31. The molecule has 0 radical (unpaired) electrons. The van der Waals surface area contributed by atoms with Gasteiger partial charge in [0.25, 0.3) is 11.6 Å². The lowest BCUT2D eigenvalue weighted by atomic mass is 10.1. The highest BCUT2D eigenvalue weighted by molar-refractivity contribution is 6.06. The van der Waals surface area contributed by atoms with Gasteiger partial charge in [-0.05, 0) is 12.5 Å². The van der Waals surface area contributed by atoms with Gasteiger partial charge in [0, 0.05) is 42.2 Å². The number of carbonyl (C=O) groups is 2. The van der Waals surface area contributed by atoms with E-state index in [1.165, 1.54) is 23.1 Å². The van der Waals surface area contributed by atoms with E-state index in [-0.39, 0.29) is 29.7 Å². The fraction of sp³-hybridized carbons (Fsp3) is 0.267. The summed E-state index contributed by atoms with van der Waals surface area (Å²) in [7, 11) is 0. The van der Waals surface area contributed by atoms with Gasteiger partial charge in [0.05, 0.1) is 16.4 Å². The molecule has 1 amide bonds. The summed E-state index contributed by atoms with van der Waals surface area (Å²) in [4.78, 5) is 49.7. The number of rotatable bonds is 3. The van der Waals surface area contributed by atoms with Crippen molar-refractivity contribution in [1.29, 1.82) is 0 Å². The number of aromatic amines is 1. The van der Waals surface area contributed by atoms with E-state index in [2.05, 4.69) is 4.98 Å². The zero-order valence-electron chi connectivity index (χ0n) is 12.4. The quantitative estimate of drug-likeness (QED) is 0.636. The fourth-order valence-corrected chi connectivity index (χ4v) is 2.85. The first-order chi connectivity index (χ1) is 11.4. The molecule has 1 saturated heterocycles. The molecule has 124 valence electrons. The van der Waals surface area contributed by atoms with Crippen molar-refractivity contribution in [2.24, 2.45) is 5.92 Å². The second-order valence-electron chi connectivity index (χ2n) is 5.61. The minimum Gasteiger partial charge on any atom is -0.481 e. The number of amides is 1. The van der Waals surface area contributed by atoms with Crippen LogP contribution in [0, 0.1) is 16.0 Å². The predicted octanol–water partition coefficient (Wildman–Crippen LogP) is 0.983. The Morgan fingerprint density at radius 3 is 2.71 bits per heavy atom. The Labute approximate surface area is 134 Å². The number of nitrogens with zero attached hydrogens (tertiary/aromatic N) is 2. The number of carboxylic acids is 1. The van der Waals surface area contributed by atoms with E-state index in [0.717, 1.165) is 6.07 Å². The van der Waals surface area contributed by atoms with Crippen molar-refractivity contribution in [1.82, 2.24) is 9.88 Å². The highest BCUT2D eigenvalue weighted by Gasteiger charge is 2.32. The molecule has 2 N–H and O–H groups in total. The third-order valence-electron chi connectivity index (χ3n) is 4.09. The van der Waals surface area contributed by atoms with E-state index in [1.54, 1.807) is 0 Å². The number of aromatic nitrogens is 1. The molecule has 2 aromatic rings. The molecule has 0 spiro atoms. The molecule has 1 aromatic carbocycles. The Balaban J connectivity index is 2.06. The molecule has 1 aliphatic rings. The highest BCUT2D eigenvalue weighted by atomic mass is 16.6. The molecule has 3 rings (SSSR count). The van der Waals surface area contributed by atoms with E-state index in [4.69, 9.17) is 5.11 Å². The van der Waals surface area contributed by atoms with Crippen LogP contribution in [0.5, 0.6) is 0 Å². The van der Waals surface area contributed by atoms with Gasteiger partial charge in [-0.2, -0.15) is 0 Å². The van der Waals surface area contributed by atoms with Crippen LogP contribution in [0.25, 0.3) is 10.9 Å². The first-order valence-electron chi connectivity index (χ1n) is 7.20. The number of hydrogen-bond donors (Lipinski definition) is 2. The van der Waals surface area contributed by atoms with Crippen LogP contribution in [-0.4, -0.2) is 44.9 Å². The summed E-state index contributed by atoms with van der Waals surface area (Å²) < 4.78 is 0. The molecule has 2 heterocycles. The number of pyridine rings is 1. The third-order valence-corrected chi connectivity index (χ3v) is 4.09. The molecule has 1 aromatic heterocycles. The number of fused-ring (bicyclic) bond motifs is 1. The Morgan fingerprint density at radius 1 is 1.33 bits per heavy atom. The number of nitrogens with one attached hydrogen (secondary N) is 1. The normalized spacial score (nSPS) is 17.2. The van der Waals surface area contributed by atoms with Crippen molar-refractivity contribution in [2.45, 2.75) is 6.42 Å². The van der Waals surface area contributed by atoms with Gasteiger partial charge >= 0.3 is 5.97 Å². The van der Waals surface area contributed by atoms with Crippen molar-refractivity contribution in [3.8, 4) is 0 Å². The van der Waals surface area contributed by atoms with Crippen molar-refractivity contribution in [2.75, 3.05) is 13.1 Å². The monoisotopic (exact) mass is 331 g/mol. The maximum Gasteiger partial charge on any atom is 0.308 e. The zero-order valence-corrected chi connectivity index (χ0v) is 12.4. The summed E-state index contributed by atoms with van der Waals surface area (Å²) in [5.74, 6) is -2.12. The van der Waals surface area contributed by atoms with Gasteiger partial charge in [0.2, 0.25) is 5.56 Å². The summed E-state index contributed by atoms with van der Waals surface area (Å²) in [6.45, 7) is 0.316. The van der Waals surface area contributed by atoms with Crippen LogP contribution in [0.1, 0.15) is 16.8 Å². The first-order valence-corrected chi connectivity index (χ1v) is 7.20. The second-order valence-corrected chi connectivity index (χ2v) is 5.61. The Hall–Kier alpha value is -3.23. The Kier molecular flexibility index (Phi) is 3.76. The van der Waals surface area contributed by atoms with Crippen LogP contribution >= 0.6 is 0 Å². The van der Waals surface area contributed by atoms with Crippen molar-refractivity contribution in [3.63, 3.8) is 0 Å². The summed E-state index contributed by atoms with van der Waals surface area (Å²) in [6, 6.07) is 4.92. The molecule has 0 bridgehead atoms. The van der Waals surface area contributed by atoms with E-state index in [0.29, 0.717) is 11.9 Å². The van der Waals surface area contributed by atoms with Crippen molar-refractivity contribution < 1.29 is 19.6 Å². The summed E-state index contributed by atoms with van der Waals surface area (Å²) >= 11 is 0. The molecule has 0 aliphatic carbocycles. The lowest BCUT2D eigenvalue weighted by Gasteiger charge is -2.16. The molecule has 1 aliphatic heterocycles. The van der Waals surface area contributed by atoms with Gasteiger partial charge in [-0.3, -0.25) is 24.5 Å². The number of non-ortho nitro benzene ring substituents is 1. The largest absolute Gasteiger partial charge is 0.481 e. The van der Waals surface area contributed by atoms with Crippen LogP contribution < -0.4 is 5.56 Å². The number of carboxylic acid groups (broad SMARTS) is 1. The minimum atomic E-state index is -0.975. The first kappa shape index (κ1) is 15.7. The van der Waals surface area contributed by atoms with Crippen LogP contribution in [0.4, 0.5) is 5.69 Å². The number of nitro groups is 1. The topological polar surface area (TPSA) is 134 Å². The molecule has 1 atom stereocenters. The van der Waals surface area contributed by atoms with Gasteiger partial charge < -0.3 is 15.0 Å². The molecule has 24 heavy (non-hydrogen) atoms. The van der Waals surface area contributed by atoms with Crippen LogP contribution in [0.15, 0.2) is 29.1 Å². The van der Waals surface area contributed by atoms with Gasteiger partial charge in [-0.25, -0.2) is 0 Å². The SMILES string of the molecule is O=C(O)C1CCN(C(=O)c2cc(=O)[nH]c3ccc([N+](=O)[O-])cc23)C1. The molecule has 9 heteroatoms. The predicted molar refractivity (Wildman–Crippen MR) is 82.9 cm³/mol. The molecular weight excluding hydrogens is 318 g/mol. The fourth-order valence-electron chi connectivity index (χ4n) is 2.85. The van der Waals surface area contributed by atoms with E-state index in [1.807, 2.05) is 0 Å². The van der Waals surface area contributed by atoms with E-state index < -0.39 is 28.3 Å². The Bertz CT molecular complexity index is 919. The molecule has 0 saturated carbocycles. The smallest absolute Gasteiger partial charge is 0.308 e. The van der Waals surface area contributed by atoms with Crippen molar-refractivity contribution in [3.05, 3.63) is 50.3 Å². The average Bonchev–Trinajstić information content (AvgIpc) is 3.03. The molecule has 1 fully saturated rings. The number of nitro benzene ring substituents is 1. The van der Waals surface area contributed by atoms with Gasteiger partial charge in [0.15, 0.2) is 0 Å². The summed E-state index contributed by atoms with van der Waals surface area (Å²) in [5.41, 5.74) is -0.365. The molecular formula is C15H13N3O6. The van der Waals surface area contributed by atoms with Crippen LogP contribution in [0.3, 0.4) is 0 Å². The summed E-state index contributed by atoms with van der Waals surface area (Å²) in [5, 5.41) is 20.2. The standard InChI is InChI=1S/C15H13N3O6/c19-13-6-11(14(20)17-4-3-8(7-17)15(21)22)10-5-9(18(23)24)1-2-12(10)16-13/h1-2,5-6,8H,3-4,7H2,(H,16,19)(H,21,22). The number of aliphatic carboxylic acids is 1. The number of likely N-dealkylation sites (tertiary alicyclic amines) is 1. The number of benzene rings is 1. The van der Waals surface area contributed by atoms with E-state index >= 15 is 0 Å². The maximum atomic E-state index is 12.7. The molecule has 9 nitrogen and oxygen atoms in total. The van der Waals surface area contributed by atoms with Gasteiger partial charge in [-0.1, -0.05) is 0 Å². The highest BCUT2D eigenvalue weighted by Crippen LogP contribution is 2.25. The maximum absolute atomic E-state index is 12.7. The average molecular weight is 331 g/mol. The number of hydrogen-bond acceptors (Lipinski definition) is 5. The number of H-pyrrole nitrogens is 1. The second kappa shape index (κ2) is 5.76. The lowest BCUT2D eigenvalue weighted by molar-refractivity contribution is -0.384. The summed E-state index contributed by atoms with van der Waals surface area (Å²) in [6.07, 6.45) is 0.336. The zero-order chi connectivity index (χ0) is 17.4. The Morgan fingerprint density at radius 2 is 2.08 bits per heavy atom. The number of carbonyl (C=O) groups excluding carboxylic acids is 1.